The lowest BCUT2D eigenvalue weighted by Gasteiger charge is -2.44. The highest BCUT2D eigenvalue weighted by Crippen LogP contribution is 2.39. The number of anilines is 1. The van der Waals surface area contributed by atoms with Crippen LogP contribution in [0.2, 0.25) is 10.2 Å². The zero-order chi connectivity index (χ0) is 29.0. The van der Waals surface area contributed by atoms with E-state index in [4.69, 9.17) is 32.7 Å². The first-order valence-electron chi connectivity index (χ1n) is 13.9. The van der Waals surface area contributed by atoms with Crippen LogP contribution in [0.4, 0.5) is 5.69 Å². The van der Waals surface area contributed by atoms with Crippen molar-refractivity contribution in [1.82, 2.24) is 14.4 Å². The van der Waals surface area contributed by atoms with Crippen molar-refractivity contribution in [1.29, 1.82) is 0 Å². The van der Waals surface area contributed by atoms with Crippen LogP contribution in [0.15, 0.2) is 48.8 Å². The fourth-order valence-corrected chi connectivity index (χ4v) is 5.72. The molecule has 0 saturated carbocycles. The maximum absolute atomic E-state index is 12.5. The molecule has 1 fully saturated rings. The maximum atomic E-state index is 12.5. The number of likely N-dealkylation sites (N-methyl/N-ethyl adjacent to an activating group) is 1. The number of ether oxygens (including phenoxy) is 2. The highest BCUT2D eigenvalue weighted by atomic mass is 35.5. The molecule has 1 aliphatic rings. The Labute approximate surface area is 247 Å². The minimum atomic E-state index is -0.0530. The van der Waals surface area contributed by atoms with E-state index in [0.29, 0.717) is 23.3 Å². The third kappa shape index (κ3) is 6.16. The smallest absolute Gasteiger partial charge is 0.242 e. The second-order valence-corrected chi connectivity index (χ2v) is 11.3. The number of methoxy groups -OCH3 is 1. The van der Waals surface area contributed by atoms with E-state index in [2.05, 4.69) is 42.4 Å². The Kier molecular flexibility index (Phi) is 9.80. The van der Waals surface area contributed by atoms with Crippen LogP contribution in [-0.4, -0.2) is 60.7 Å². The summed E-state index contributed by atoms with van der Waals surface area (Å²) in [6.07, 6.45) is 4.25. The second kappa shape index (κ2) is 13.1. The Morgan fingerprint density at radius 1 is 1.15 bits per heavy atom. The average molecular weight is 588 g/mol. The minimum Gasteiger partial charge on any atom is -0.493 e. The van der Waals surface area contributed by atoms with Gasteiger partial charge < -0.3 is 28.7 Å². The van der Waals surface area contributed by atoms with Gasteiger partial charge in [0.2, 0.25) is 5.91 Å². The van der Waals surface area contributed by atoms with Crippen molar-refractivity contribution in [3.05, 3.63) is 64.5 Å². The first-order chi connectivity index (χ1) is 19.2. The van der Waals surface area contributed by atoms with Crippen LogP contribution in [0.1, 0.15) is 45.1 Å². The van der Waals surface area contributed by atoms with E-state index in [1.807, 2.05) is 24.3 Å². The number of aromatic nitrogens is 1. The summed E-state index contributed by atoms with van der Waals surface area (Å²) in [7, 11) is 5.13. The number of nitrogens with zero attached hydrogens (tertiary/aromatic N) is 4. The van der Waals surface area contributed by atoms with E-state index in [1.165, 1.54) is 0 Å². The average Bonchev–Trinajstić information content (AvgIpc) is 3.18. The van der Waals surface area contributed by atoms with E-state index < -0.39 is 0 Å². The Morgan fingerprint density at radius 2 is 1.93 bits per heavy atom. The van der Waals surface area contributed by atoms with Gasteiger partial charge >= 0.3 is 0 Å². The summed E-state index contributed by atoms with van der Waals surface area (Å²) in [5.74, 6) is 2.32. The molecule has 0 aliphatic carbocycles. The first kappa shape index (κ1) is 29.9. The van der Waals surface area contributed by atoms with Gasteiger partial charge in [-0.2, -0.15) is 0 Å². The van der Waals surface area contributed by atoms with Gasteiger partial charge in [-0.15, -0.1) is 0 Å². The van der Waals surface area contributed by atoms with Gasteiger partial charge in [0.1, 0.15) is 17.5 Å². The van der Waals surface area contributed by atoms with Crippen LogP contribution in [0.3, 0.4) is 0 Å². The molecule has 2 heterocycles. The van der Waals surface area contributed by atoms with Gasteiger partial charge in [0, 0.05) is 50.4 Å². The van der Waals surface area contributed by atoms with Crippen molar-refractivity contribution in [2.24, 2.45) is 0 Å². The molecule has 9 heteroatoms. The molecule has 0 bridgehead atoms. The Morgan fingerprint density at radius 3 is 2.62 bits per heavy atom. The molecule has 3 aromatic rings. The molecule has 2 aromatic carbocycles. The van der Waals surface area contributed by atoms with Crippen LogP contribution in [0.25, 0.3) is 10.9 Å². The minimum absolute atomic E-state index is 0.0530. The number of amides is 1. The third-order valence-electron chi connectivity index (χ3n) is 7.60. The standard InChI is InChI=1S/C31H40Cl2N4O3/c1-7-8-9-17-40-27-18-24(13-14-26(27)39-6)35-16-15-21(2)36(22(35)3)19-23-11-10-12-25-29(23)30(32)31(33)37(25)20-28(38)34(4)5/h10-14,18,21H,3,7-9,15-17,19-20H2,1-2,4-6H3/t21-/m0/s1. The van der Waals surface area contributed by atoms with Crippen LogP contribution in [0, 0.1) is 0 Å². The summed E-state index contributed by atoms with van der Waals surface area (Å²) in [4.78, 5) is 18.6. The molecule has 1 aromatic heterocycles. The van der Waals surface area contributed by atoms with E-state index in [9.17, 15) is 4.79 Å². The monoisotopic (exact) mass is 586 g/mol. The summed E-state index contributed by atoms with van der Waals surface area (Å²) in [5.41, 5.74) is 2.89. The number of benzene rings is 2. The van der Waals surface area contributed by atoms with Crippen LogP contribution >= 0.6 is 23.2 Å². The molecular weight excluding hydrogens is 547 g/mol. The lowest BCUT2D eigenvalue weighted by Crippen LogP contribution is -2.46. The highest BCUT2D eigenvalue weighted by molar-refractivity contribution is 6.45. The largest absolute Gasteiger partial charge is 0.493 e. The molecule has 4 rings (SSSR count). The maximum Gasteiger partial charge on any atom is 0.242 e. The molecule has 0 N–H and O–H groups in total. The normalized spacial score (nSPS) is 15.6. The van der Waals surface area contributed by atoms with Crippen LogP contribution in [0.5, 0.6) is 11.5 Å². The fourth-order valence-electron chi connectivity index (χ4n) is 5.15. The lowest BCUT2D eigenvalue weighted by molar-refractivity contribution is -0.129. The van der Waals surface area contributed by atoms with Gasteiger partial charge in [0.25, 0.3) is 0 Å². The molecule has 0 spiro atoms. The Hall–Kier alpha value is -3.03. The number of carbonyl (C=O) groups excluding carboxylic acids is 1. The summed E-state index contributed by atoms with van der Waals surface area (Å²) in [6, 6.07) is 12.3. The van der Waals surface area contributed by atoms with Gasteiger partial charge in [-0.25, -0.2) is 0 Å². The van der Waals surface area contributed by atoms with Crippen molar-refractivity contribution >= 4 is 45.7 Å². The number of rotatable bonds is 11. The molecule has 0 unspecified atom stereocenters. The summed E-state index contributed by atoms with van der Waals surface area (Å²) in [6.45, 7) is 11.1. The predicted molar refractivity (Wildman–Crippen MR) is 165 cm³/mol. The Balaban J connectivity index is 1.61. The lowest BCUT2D eigenvalue weighted by atomic mass is 10.1. The molecule has 1 saturated heterocycles. The first-order valence-corrected chi connectivity index (χ1v) is 14.6. The quantitative estimate of drug-likeness (QED) is 0.223. The second-order valence-electron chi connectivity index (χ2n) is 10.5. The number of halogens is 2. The molecular formula is C31H40Cl2N4O3. The van der Waals surface area contributed by atoms with Gasteiger partial charge in [-0.05, 0) is 43.5 Å². The molecule has 1 aliphatic heterocycles. The van der Waals surface area contributed by atoms with Crippen molar-refractivity contribution in [2.45, 2.75) is 58.7 Å². The van der Waals surface area contributed by atoms with E-state index in [1.54, 1.807) is 30.7 Å². The van der Waals surface area contributed by atoms with Gasteiger partial charge in [0.05, 0.1) is 24.3 Å². The molecule has 7 nitrogen and oxygen atoms in total. The molecule has 216 valence electrons. The van der Waals surface area contributed by atoms with E-state index >= 15 is 0 Å². The van der Waals surface area contributed by atoms with E-state index in [-0.39, 0.29) is 18.5 Å². The topological polar surface area (TPSA) is 50.2 Å². The summed E-state index contributed by atoms with van der Waals surface area (Å²) < 4.78 is 13.5. The third-order valence-corrected chi connectivity index (χ3v) is 8.46. The Bertz CT molecular complexity index is 1370. The predicted octanol–water partition coefficient (Wildman–Crippen LogP) is 7.19. The number of fused-ring (bicyclic) bond motifs is 1. The van der Waals surface area contributed by atoms with Crippen molar-refractivity contribution in [3.8, 4) is 11.5 Å². The van der Waals surface area contributed by atoms with Crippen LogP contribution in [-0.2, 0) is 17.9 Å². The highest BCUT2D eigenvalue weighted by Gasteiger charge is 2.29. The number of hydrogen-bond donors (Lipinski definition) is 0. The summed E-state index contributed by atoms with van der Waals surface area (Å²) >= 11 is 13.4. The molecule has 40 heavy (non-hydrogen) atoms. The van der Waals surface area contributed by atoms with Crippen molar-refractivity contribution in [3.63, 3.8) is 0 Å². The van der Waals surface area contributed by atoms with Gasteiger partial charge in [-0.1, -0.05) is 61.7 Å². The molecule has 1 amide bonds. The number of carbonyl (C=O) groups is 1. The molecule has 0 radical (unpaired) electrons. The SMILES string of the molecule is C=C1N(c2ccc(OC)c(OCCCCC)c2)CC[C@H](C)N1Cc1cccc2c1c(Cl)c(Cl)n2CC(=O)N(C)C. The van der Waals surface area contributed by atoms with Gasteiger partial charge in [0.15, 0.2) is 11.5 Å². The van der Waals surface area contributed by atoms with Crippen LogP contribution < -0.4 is 14.4 Å². The molecule has 1 atom stereocenters. The summed E-state index contributed by atoms with van der Waals surface area (Å²) in [5, 5.41) is 1.70. The fraction of sp³-hybridized carbons (Fsp3) is 0.452. The van der Waals surface area contributed by atoms with Crippen molar-refractivity contribution in [2.75, 3.05) is 39.3 Å². The van der Waals surface area contributed by atoms with E-state index in [0.717, 1.165) is 71.7 Å². The zero-order valence-electron chi connectivity index (χ0n) is 24.2. The number of hydrogen-bond acceptors (Lipinski definition) is 5. The number of unbranched alkanes of at least 4 members (excludes halogenated alkanes) is 2. The zero-order valence-corrected chi connectivity index (χ0v) is 25.7. The van der Waals surface area contributed by atoms with Crippen molar-refractivity contribution < 1.29 is 14.3 Å². The van der Waals surface area contributed by atoms with Gasteiger partial charge in [-0.3, -0.25) is 4.79 Å².